The minimum Gasteiger partial charge on any atom is -0.480 e. The first-order valence-corrected chi connectivity index (χ1v) is 8.55. The van der Waals surface area contributed by atoms with E-state index in [4.69, 9.17) is 5.11 Å². The van der Waals surface area contributed by atoms with Crippen molar-refractivity contribution in [2.45, 2.75) is 32.2 Å². The second-order valence-corrected chi connectivity index (χ2v) is 5.85. The van der Waals surface area contributed by atoms with Crippen molar-refractivity contribution in [3.63, 3.8) is 0 Å². The van der Waals surface area contributed by atoms with Crippen molar-refractivity contribution in [1.82, 2.24) is 5.32 Å². The third-order valence-corrected chi connectivity index (χ3v) is 3.81. The maximum Gasteiger partial charge on any atom is 0.326 e. The average Bonchev–Trinajstić information content (AvgIpc) is 2.51. The minimum atomic E-state index is -1.07. The number of ketones is 1. The Hall–Kier alpha value is -1.82. The number of Topliss-reactive ketones (excluding diaryl/α,β-unsaturated/α-hetero) is 1. The molecule has 1 atom stereocenters. The van der Waals surface area contributed by atoms with Crippen LogP contribution >= 0.6 is 11.8 Å². The molecule has 0 aromatic heterocycles. The molecule has 1 amide bonds. The normalized spacial score (nSPS) is 11.7. The molecule has 0 saturated heterocycles. The number of rotatable bonds is 9. The van der Waals surface area contributed by atoms with Gasteiger partial charge in [0.15, 0.2) is 5.78 Å². The maximum atomic E-state index is 12.3. The lowest BCUT2D eigenvalue weighted by atomic mass is 10.00. The molecule has 0 aliphatic heterocycles. The van der Waals surface area contributed by atoms with Gasteiger partial charge in [-0.2, -0.15) is 11.8 Å². The van der Waals surface area contributed by atoms with Crippen LogP contribution in [0.5, 0.6) is 0 Å². The fourth-order valence-electron chi connectivity index (χ4n) is 2.02. The van der Waals surface area contributed by atoms with Crippen LogP contribution in [0, 0.1) is 0 Å². The van der Waals surface area contributed by atoms with E-state index in [1.165, 1.54) is 11.8 Å². The average molecular weight is 323 g/mol. The lowest BCUT2D eigenvalue weighted by Crippen LogP contribution is -2.41. The highest BCUT2D eigenvalue weighted by molar-refractivity contribution is 7.98. The molecule has 0 bridgehead atoms. The van der Waals surface area contributed by atoms with Crippen LogP contribution in [0.15, 0.2) is 24.3 Å². The van der Waals surface area contributed by atoms with Crippen LogP contribution in [-0.2, 0) is 4.79 Å². The van der Waals surface area contributed by atoms with Gasteiger partial charge in [-0.1, -0.05) is 25.1 Å². The molecule has 0 saturated carbocycles. The highest BCUT2D eigenvalue weighted by Gasteiger charge is 2.22. The molecule has 0 aliphatic rings. The Kier molecular flexibility index (Phi) is 7.66. The Morgan fingerprint density at radius 3 is 2.41 bits per heavy atom. The van der Waals surface area contributed by atoms with Crippen LogP contribution in [0.4, 0.5) is 0 Å². The Morgan fingerprint density at radius 2 is 1.86 bits per heavy atom. The summed E-state index contributed by atoms with van der Waals surface area (Å²) in [6, 6.07) is 5.56. The predicted molar refractivity (Wildman–Crippen MR) is 87.6 cm³/mol. The molecular formula is C16H21NO4S. The molecular weight excluding hydrogens is 302 g/mol. The van der Waals surface area contributed by atoms with Crippen LogP contribution in [0.25, 0.3) is 0 Å². The molecule has 0 unspecified atom stereocenters. The van der Waals surface area contributed by atoms with Gasteiger partial charge < -0.3 is 10.4 Å². The van der Waals surface area contributed by atoms with Gasteiger partial charge in [-0.3, -0.25) is 9.59 Å². The van der Waals surface area contributed by atoms with Crippen molar-refractivity contribution >= 4 is 29.4 Å². The number of aliphatic carboxylic acids is 1. The zero-order valence-corrected chi connectivity index (χ0v) is 13.6. The van der Waals surface area contributed by atoms with E-state index in [0.29, 0.717) is 30.6 Å². The van der Waals surface area contributed by atoms with Crippen molar-refractivity contribution in [3.8, 4) is 0 Å². The molecule has 2 N–H and O–H groups in total. The largest absolute Gasteiger partial charge is 0.480 e. The summed E-state index contributed by atoms with van der Waals surface area (Å²) in [6.45, 7) is 1.89. The zero-order chi connectivity index (χ0) is 16.5. The zero-order valence-electron chi connectivity index (χ0n) is 12.8. The monoisotopic (exact) mass is 323 g/mol. The number of carbonyl (C=O) groups is 3. The summed E-state index contributed by atoms with van der Waals surface area (Å²) in [5.41, 5.74) is 0.576. The molecule has 1 rings (SSSR count). The summed E-state index contributed by atoms with van der Waals surface area (Å²) < 4.78 is 0. The highest BCUT2D eigenvalue weighted by Crippen LogP contribution is 2.13. The summed E-state index contributed by atoms with van der Waals surface area (Å²) >= 11 is 1.52. The first-order chi connectivity index (χ1) is 10.5. The molecule has 6 heteroatoms. The van der Waals surface area contributed by atoms with E-state index >= 15 is 0 Å². The summed E-state index contributed by atoms with van der Waals surface area (Å²) in [7, 11) is 0. The van der Waals surface area contributed by atoms with Gasteiger partial charge in [-0.25, -0.2) is 4.79 Å². The van der Waals surface area contributed by atoms with Crippen LogP contribution in [0.3, 0.4) is 0 Å². The summed E-state index contributed by atoms with van der Waals surface area (Å²) in [6.07, 6.45) is 3.27. The summed E-state index contributed by atoms with van der Waals surface area (Å²) in [5.74, 6) is -1.06. The molecule has 5 nitrogen and oxygen atoms in total. The number of hydrogen-bond acceptors (Lipinski definition) is 4. The minimum absolute atomic E-state index is 0.107. The number of amides is 1. The third kappa shape index (κ3) is 5.18. The lowest BCUT2D eigenvalue weighted by molar-refractivity contribution is -0.139. The molecule has 22 heavy (non-hydrogen) atoms. The smallest absolute Gasteiger partial charge is 0.326 e. The summed E-state index contributed by atoms with van der Waals surface area (Å²) in [4.78, 5) is 35.6. The Balaban J connectivity index is 2.92. The fourth-order valence-corrected chi connectivity index (χ4v) is 2.49. The van der Waals surface area contributed by atoms with E-state index in [1.807, 2.05) is 13.2 Å². The van der Waals surface area contributed by atoms with Crippen molar-refractivity contribution in [3.05, 3.63) is 35.4 Å². The lowest BCUT2D eigenvalue weighted by Gasteiger charge is -2.15. The van der Waals surface area contributed by atoms with E-state index in [1.54, 1.807) is 24.3 Å². The fraction of sp³-hybridized carbons (Fsp3) is 0.438. The predicted octanol–water partition coefficient (Wildman–Crippen LogP) is 2.61. The standard InChI is InChI=1S/C16H21NO4S/c1-3-6-14(18)11-7-4-5-8-12(11)15(19)17-13(16(20)21)9-10-22-2/h4-5,7-8,13H,3,6,9-10H2,1-2H3,(H,17,19)(H,20,21)/t13-/m0/s1. The molecule has 1 aromatic carbocycles. The topological polar surface area (TPSA) is 83.5 Å². The third-order valence-electron chi connectivity index (χ3n) is 3.16. The number of hydrogen-bond donors (Lipinski definition) is 2. The first kappa shape index (κ1) is 18.2. The maximum absolute atomic E-state index is 12.3. The molecule has 0 heterocycles. The Bertz CT molecular complexity index is 545. The highest BCUT2D eigenvalue weighted by atomic mass is 32.2. The van der Waals surface area contributed by atoms with Gasteiger partial charge >= 0.3 is 5.97 Å². The van der Waals surface area contributed by atoms with Gasteiger partial charge in [0, 0.05) is 12.0 Å². The van der Waals surface area contributed by atoms with Gasteiger partial charge in [0.05, 0.1) is 5.56 Å². The molecule has 1 aromatic rings. The van der Waals surface area contributed by atoms with Crippen LogP contribution in [-0.4, -0.2) is 40.8 Å². The van der Waals surface area contributed by atoms with Crippen LogP contribution < -0.4 is 5.32 Å². The molecule has 0 spiro atoms. The van der Waals surface area contributed by atoms with E-state index in [2.05, 4.69) is 5.32 Å². The van der Waals surface area contributed by atoms with E-state index in [0.717, 1.165) is 0 Å². The van der Waals surface area contributed by atoms with Crippen molar-refractivity contribution in [2.75, 3.05) is 12.0 Å². The van der Waals surface area contributed by atoms with Crippen molar-refractivity contribution in [1.29, 1.82) is 0 Å². The first-order valence-electron chi connectivity index (χ1n) is 7.16. The number of benzene rings is 1. The number of carboxylic acids is 1. The molecule has 0 fully saturated rings. The van der Waals surface area contributed by atoms with E-state index in [-0.39, 0.29) is 11.3 Å². The van der Waals surface area contributed by atoms with Crippen LogP contribution in [0.2, 0.25) is 0 Å². The Morgan fingerprint density at radius 1 is 1.23 bits per heavy atom. The van der Waals surface area contributed by atoms with E-state index in [9.17, 15) is 14.4 Å². The SMILES string of the molecule is CCCC(=O)c1ccccc1C(=O)N[C@@H](CCSC)C(=O)O. The quantitative estimate of drug-likeness (QED) is 0.683. The number of thioether (sulfide) groups is 1. The van der Waals surface area contributed by atoms with Gasteiger partial charge in [-0.05, 0) is 30.9 Å². The second kappa shape index (κ2) is 9.25. The second-order valence-electron chi connectivity index (χ2n) is 4.86. The van der Waals surface area contributed by atoms with E-state index < -0.39 is 17.9 Å². The van der Waals surface area contributed by atoms with Crippen molar-refractivity contribution in [2.24, 2.45) is 0 Å². The molecule has 0 aliphatic carbocycles. The molecule has 0 radical (unpaired) electrons. The number of carbonyl (C=O) groups excluding carboxylic acids is 2. The van der Waals surface area contributed by atoms with Gasteiger partial charge in [0.2, 0.25) is 0 Å². The van der Waals surface area contributed by atoms with Gasteiger partial charge in [-0.15, -0.1) is 0 Å². The van der Waals surface area contributed by atoms with Gasteiger partial charge in [0.25, 0.3) is 5.91 Å². The number of carboxylic acid groups (broad SMARTS) is 1. The van der Waals surface area contributed by atoms with Gasteiger partial charge in [0.1, 0.15) is 6.04 Å². The Labute approximate surface area is 134 Å². The van der Waals surface area contributed by atoms with Crippen LogP contribution in [0.1, 0.15) is 46.9 Å². The van der Waals surface area contributed by atoms with Crippen molar-refractivity contribution < 1.29 is 19.5 Å². The number of nitrogens with one attached hydrogen (secondary N) is 1. The summed E-state index contributed by atoms with van der Waals surface area (Å²) in [5, 5.41) is 11.7. The molecule has 120 valence electrons.